The molecule has 2 saturated heterocycles. The Labute approximate surface area is 112 Å². The minimum absolute atomic E-state index is 0.477. The monoisotopic (exact) mass is 254 g/mol. The highest BCUT2D eigenvalue weighted by atomic mass is 16.5. The van der Waals surface area contributed by atoms with Gasteiger partial charge in [0.25, 0.3) is 0 Å². The quantitative estimate of drug-likeness (QED) is 0.815. The van der Waals surface area contributed by atoms with Crippen LogP contribution in [0.25, 0.3) is 0 Å². The van der Waals surface area contributed by atoms with Gasteiger partial charge in [-0.2, -0.15) is 0 Å². The van der Waals surface area contributed by atoms with Gasteiger partial charge in [-0.15, -0.1) is 0 Å². The van der Waals surface area contributed by atoms with Crippen LogP contribution in [0.2, 0.25) is 0 Å². The van der Waals surface area contributed by atoms with Gasteiger partial charge in [-0.3, -0.25) is 4.90 Å². The predicted octanol–water partition coefficient (Wildman–Crippen LogP) is 2.41. The molecule has 0 aromatic rings. The molecule has 0 bridgehead atoms. The van der Waals surface area contributed by atoms with Gasteiger partial charge in [0.15, 0.2) is 0 Å². The van der Waals surface area contributed by atoms with Gasteiger partial charge in [0.1, 0.15) is 0 Å². The molecule has 2 aliphatic rings. The number of hydrogen-bond donors (Lipinski definition) is 1. The Morgan fingerprint density at radius 2 is 2.17 bits per heavy atom. The van der Waals surface area contributed by atoms with Crippen molar-refractivity contribution in [2.45, 2.75) is 70.6 Å². The summed E-state index contributed by atoms with van der Waals surface area (Å²) in [6.45, 7) is 8.98. The molecule has 0 spiro atoms. The lowest BCUT2D eigenvalue weighted by Crippen LogP contribution is -2.47. The Bertz CT molecular complexity index is 227. The second-order valence-electron chi connectivity index (χ2n) is 5.95. The van der Waals surface area contributed by atoms with E-state index in [0.717, 1.165) is 19.2 Å². The lowest BCUT2D eigenvalue weighted by atomic mass is 9.96. The summed E-state index contributed by atoms with van der Waals surface area (Å²) in [5.41, 5.74) is 0. The maximum atomic E-state index is 5.80. The van der Waals surface area contributed by atoms with E-state index in [1.54, 1.807) is 0 Å². The van der Waals surface area contributed by atoms with Crippen molar-refractivity contribution in [3.8, 4) is 0 Å². The van der Waals surface area contributed by atoms with Crippen LogP contribution in [0, 0.1) is 0 Å². The molecule has 2 rings (SSSR count). The van der Waals surface area contributed by atoms with Crippen molar-refractivity contribution in [2.75, 3.05) is 26.2 Å². The fourth-order valence-corrected chi connectivity index (χ4v) is 3.42. The molecule has 18 heavy (non-hydrogen) atoms. The Kier molecular flexibility index (Phi) is 5.93. The van der Waals surface area contributed by atoms with Crippen LogP contribution in [0.5, 0.6) is 0 Å². The minimum atomic E-state index is 0.477. The predicted molar refractivity (Wildman–Crippen MR) is 75.9 cm³/mol. The van der Waals surface area contributed by atoms with Crippen molar-refractivity contribution in [3.63, 3.8) is 0 Å². The molecule has 2 heterocycles. The van der Waals surface area contributed by atoms with Crippen LogP contribution in [0.15, 0.2) is 0 Å². The zero-order valence-corrected chi connectivity index (χ0v) is 12.2. The molecule has 0 aliphatic carbocycles. The largest absolute Gasteiger partial charge is 0.377 e. The SMILES string of the molecule is CCOC1CCCN(C(C)CC2CCCCN2)C1. The summed E-state index contributed by atoms with van der Waals surface area (Å²) < 4.78 is 5.80. The van der Waals surface area contributed by atoms with E-state index in [9.17, 15) is 0 Å². The first-order valence-electron chi connectivity index (χ1n) is 7.88. The number of nitrogens with zero attached hydrogens (tertiary/aromatic N) is 1. The maximum absolute atomic E-state index is 5.80. The molecule has 0 amide bonds. The molecule has 1 N–H and O–H groups in total. The summed E-state index contributed by atoms with van der Waals surface area (Å²) in [4.78, 5) is 2.64. The van der Waals surface area contributed by atoms with Gasteiger partial charge in [0, 0.05) is 25.2 Å². The fraction of sp³-hybridized carbons (Fsp3) is 1.00. The Morgan fingerprint density at radius 1 is 1.28 bits per heavy atom. The van der Waals surface area contributed by atoms with Crippen LogP contribution in [-0.4, -0.2) is 49.3 Å². The van der Waals surface area contributed by atoms with Gasteiger partial charge >= 0.3 is 0 Å². The highest BCUT2D eigenvalue weighted by Gasteiger charge is 2.25. The molecule has 0 radical (unpaired) electrons. The topological polar surface area (TPSA) is 24.5 Å². The first-order valence-corrected chi connectivity index (χ1v) is 7.88. The van der Waals surface area contributed by atoms with Gasteiger partial charge in [-0.25, -0.2) is 0 Å². The van der Waals surface area contributed by atoms with E-state index in [1.165, 1.54) is 51.6 Å². The summed E-state index contributed by atoms with van der Waals surface area (Å²) in [7, 11) is 0. The highest BCUT2D eigenvalue weighted by Crippen LogP contribution is 2.20. The lowest BCUT2D eigenvalue weighted by molar-refractivity contribution is -0.00752. The summed E-state index contributed by atoms with van der Waals surface area (Å²) in [6.07, 6.45) is 8.47. The van der Waals surface area contributed by atoms with E-state index in [4.69, 9.17) is 4.74 Å². The third kappa shape index (κ3) is 4.22. The van der Waals surface area contributed by atoms with E-state index in [0.29, 0.717) is 12.1 Å². The minimum Gasteiger partial charge on any atom is -0.377 e. The third-order valence-electron chi connectivity index (χ3n) is 4.47. The molecule has 2 aliphatic heterocycles. The number of hydrogen-bond acceptors (Lipinski definition) is 3. The molecule has 2 fully saturated rings. The van der Waals surface area contributed by atoms with Gasteiger partial charge in [-0.05, 0) is 59.0 Å². The molecule has 0 aromatic heterocycles. The summed E-state index contributed by atoms with van der Waals surface area (Å²) in [5.74, 6) is 0. The van der Waals surface area contributed by atoms with Crippen LogP contribution < -0.4 is 5.32 Å². The molecule has 106 valence electrons. The number of ether oxygens (including phenoxy) is 1. The van der Waals surface area contributed by atoms with Gasteiger partial charge < -0.3 is 10.1 Å². The van der Waals surface area contributed by atoms with Crippen LogP contribution in [-0.2, 0) is 4.74 Å². The van der Waals surface area contributed by atoms with Crippen molar-refractivity contribution in [1.29, 1.82) is 0 Å². The average molecular weight is 254 g/mol. The van der Waals surface area contributed by atoms with Crippen molar-refractivity contribution in [2.24, 2.45) is 0 Å². The molecule has 0 aromatic carbocycles. The number of nitrogens with one attached hydrogen (secondary N) is 1. The zero-order valence-electron chi connectivity index (χ0n) is 12.2. The molecular formula is C15H30N2O. The Hall–Kier alpha value is -0.120. The van der Waals surface area contributed by atoms with E-state index < -0.39 is 0 Å². The van der Waals surface area contributed by atoms with Crippen molar-refractivity contribution in [3.05, 3.63) is 0 Å². The van der Waals surface area contributed by atoms with E-state index in [1.807, 2.05) is 0 Å². The summed E-state index contributed by atoms with van der Waals surface area (Å²) >= 11 is 0. The smallest absolute Gasteiger partial charge is 0.0702 e. The van der Waals surface area contributed by atoms with Gasteiger partial charge in [0.2, 0.25) is 0 Å². The van der Waals surface area contributed by atoms with Gasteiger partial charge in [-0.1, -0.05) is 6.42 Å². The molecule has 3 heteroatoms. The van der Waals surface area contributed by atoms with Crippen molar-refractivity contribution < 1.29 is 4.74 Å². The highest BCUT2D eigenvalue weighted by molar-refractivity contribution is 4.82. The molecular weight excluding hydrogens is 224 g/mol. The van der Waals surface area contributed by atoms with Crippen LogP contribution in [0.1, 0.15) is 52.4 Å². The number of likely N-dealkylation sites (tertiary alicyclic amines) is 1. The van der Waals surface area contributed by atoms with Crippen LogP contribution in [0.4, 0.5) is 0 Å². The second-order valence-corrected chi connectivity index (χ2v) is 5.95. The fourth-order valence-electron chi connectivity index (χ4n) is 3.42. The molecule has 3 unspecified atom stereocenters. The van der Waals surface area contributed by atoms with E-state index in [2.05, 4.69) is 24.1 Å². The summed E-state index contributed by atoms with van der Waals surface area (Å²) in [6, 6.07) is 1.45. The molecule has 3 nitrogen and oxygen atoms in total. The van der Waals surface area contributed by atoms with Gasteiger partial charge in [0.05, 0.1) is 6.10 Å². The zero-order chi connectivity index (χ0) is 12.8. The summed E-state index contributed by atoms with van der Waals surface area (Å²) in [5, 5.41) is 3.67. The normalized spacial score (nSPS) is 32.3. The Morgan fingerprint density at radius 3 is 2.89 bits per heavy atom. The van der Waals surface area contributed by atoms with Crippen molar-refractivity contribution >= 4 is 0 Å². The van der Waals surface area contributed by atoms with Crippen molar-refractivity contribution in [1.82, 2.24) is 10.2 Å². The molecule has 3 atom stereocenters. The number of rotatable bonds is 5. The average Bonchev–Trinajstić information content (AvgIpc) is 2.40. The maximum Gasteiger partial charge on any atom is 0.0702 e. The first-order chi connectivity index (χ1) is 8.79. The van der Waals surface area contributed by atoms with E-state index >= 15 is 0 Å². The second kappa shape index (κ2) is 7.46. The first kappa shape index (κ1) is 14.3. The number of piperidine rings is 2. The Balaban J connectivity index is 1.74. The lowest BCUT2D eigenvalue weighted by Gasteiger charge is -2.38. The standard InChI is InChI=1S/C15H30N2O/c1-3-18-15-8-6-10-17(12-15)13(2)11-14-7-4-5-9-16-14/h13-16H,3-12H2,1-2H3. The van der Waals surface area contributed by atoms with Crippen LogP contribution in [0.3, 0.4) is 0 Å². The van der Waals surface area contributed by atoms with Crippen LogP contribution >= 0.6 is 0 Å². The molecule has 0 saturated carbocycles. The third-order valence-corrected chi connectivity index (χ3v) is 4.47. The van der Waals surface area contributed by atoms with E-state index in [-0.39, 0.29) is 0 Å².